The van der Waals surface area contributed by atoms with Crippen molar-refractivity contribution in [3.63, 3.8) is 0 Å². The molecule has 0 bridgehead atoms. The van der Waals surface area contributed by atoms with Gasteiger partial charge >= 0.3 is 0 Å². The lowest BCUT2D eigenvalue weighted by Gasteiger charge is -2.34. The normalized spacial score (nSPS) is 14.9. The number of hydrogen-bond donors (Lipinski definition) is 1. The third-order valence-electron chi connectivity index (χ3n) is 4.87. The fourth-order valence-electron chi connectivity index (χ4n) is 3.24. The van der Waals surface area contributed by atoms with Gasteiger partial charge in [0.25, 0.3) is 5.91 Å². The predicted molar refractivity (Wildman–Crippen MR) is 108 cm³/mol. The Kier molecular flexibility index (Phi) is 7.16. The molecule has 27 heavy (non-hydrogen) atoms. The average Bonchev–Trinajstić information content (AvgIpc) is 2.72. The van der Waals surface area contributed by atoms with Gasteiger partial charge in [-0.1, -0.05) is 50.1 Å². The average molecular weight is 367 g/mol. The van der Waals surface area contributed by atoms with E-state index in [1.165, 1.54) is 18.4 Å². The number of benzene rings is 1. The molecular weight excluding hydrogens is 338 g/mol. The second-order valence-corrected chi connectivity index (χ2v) is 6.98. The van der Waals surface area contributed by atoms with Crippen molar-refractivity contribution in [3.8, 4) is 0 Å². The zero-order valence-corrected chi connectivity index (χ0v) is 16.1. The number of amides is 1. The summed E-state index contributed by atoms with van der Waals surface area (Å²) < 4.78 is 0. The van der Waals surface area contributed by atoms with E-state index in [0.29, 0.717) is 11.5 Å². The van der Waals surface area contributed by atoms with Crippen LogP contribution in [0.25, 0.3) is 0 Å². The molecule has 6 nitrogen and oxygen atoms in total. The molecule has 0 aliphatic carbocycles. The fraction of sp³-hybridized carbons (Fsp3) is 0.476. The molecule has 1 amide bonds. The van der Waals surface area contributed by atoms with Gasteiger partial charge in [0, 0.05) is 51.7 Å². The number of nitrogens with zero attached hydrogens (tertiary/aromatic N) is 4. The van der Waals surface area contributed by atoms with Crippen LogP contribution in [0.1, 0.15) is 42.1 Å². The van der Waals surface area contributed by atoms with Crippen molar-refractivity contribution in [2.45, 2.75) is 32.7 Å². The Bertz CT molecular complexity index is 696. The van der Waals surface area contributed by atoms with E-state index in [1.54, 1.807) is 12.4 Å². The molecule has 2 heterocycles. The Balaban J connectivity index is 1.46. The maximum Gasteiger partial charge on any atom is 0.257 e. The highest BCUT2D eigenvalue weighted by Crippen LogP contribution is 2.11. The van der Waals surface area contributed by atoms with Gasteiger partial charge in [-0.25, -0.2) is 9.97 Å². The highest BCUT2D eigenvalue weighted by Gasteiger charge is 2.22. The smallest absolute Gasteiger partial charge is 0.257 e. The fourth-order valence-corrected chi connectivity index (χ4v) is 3.24. The van der Waals surface area contributed by atoms with Crippen LogP contribution in [0.4, 0.5) is 5.95 Å². The molecule has 0 radical (unpaired) electrons. The lowest BCUT2D eigenvalue weighted by molar-refractivity contribution is 0.0627. The first-order valence-electron chi connectivity index (χ1n) is 9.87. The maximum atomic E-state index is 12.7. The minimum absolute atomic E-state index is 0.0203. The van der Waals surface area contributed by atoms with Gasteiger partial charge in [-0.05, 0) is 12.0 Å². The quantitative estimate of drug-likeness (QED) is 0.727. The van der Waals surface area contributed by atoms with E-state index in [4.69, 9.17) is 0 Å². The van der Waals surface area contributed by atoms with Gasteiger partial charge in [0.1, 0.15) is 0 Å². The molecule has 1 saturated heterocycles. The first kappa shape index (κ1) is 19.3. The van der Waals surface area contributed by atoms with E-state index < -0.39 is 0 Å². The molecule has 0 atom stereocenters. The highest BCUT2D eigenvalue weighted by molar-refractivity contribution is 5.93. The van der Waals surface area contributed by atoms with Crippen LogP contribution in [0.2, 0.25) is 0 Å². The molecule has 0 spiro atoms. The minimum atomic E-state index is 0.0203. The van der Waals surface area contributed by atoms with Crippen LogP contribution < -0.4 is 5.32 Å². The lowest BCUT2D eigenvalue weighted by Crippen LogP contribution is -2.48. The minimum Gasteiger partial charge on any atom is -0.354 e. The number of anilines is 1. The SMILES string of the molecule is CCCCCNc1ncc(C(=O)N2CCN(Cc3ccccc3)CC2)cn1. The number of piperazine rings is 1. The summed E-state index contributed by atoms with van der Waals surface area (Å²) >= 11 is 0. The second kappa shape index (κ2) is 10.0. The number of nitrogens with one attached hydrogen (secondary N) is 1. The summed E-state index contributed by atoms with van der Waals surface area (Å²) in [4.78, 5) is 25.5. The Morgan fingerprint density at radius 3 is 2.41 bits per heavy atom. The molecule has 144 valence electrons. The van der Waals surface area contributed by atoms with Crippen molar-refractivity contribution in [1.29, 1.82) is 0 Å². The number of hydrogen-bond acceptors (Lipinski definition) is 5. The molecule has 1 aromatic carbocycles. The van der Waals surface area contributed by atoms with Crippen LogP contribution in [0.5, 0.6) is 0 Å². The van der Waals surface area contributed by atoms with Crippen LogP contribution in [0.3, 0.4) is 0 Å². The molecule has 1 aromatic heterocycles. The van der Waals surface area contributed by atoms with Gasteiger partial charge in [0.15, 0.2) is 0 Å². The molecule has 2 aromatic rings. The Hall–Kier alpha value is -2.47. The third-order valence-corrected chi connectivity index (χ3v) is 4.87. The Morgan fingerprint density at radius 1 is 1.04 bits per heavy atom. The number of aromatic nitrogens is 2. The number of carbonyl (C=O) groups is 1. The van der Waals surface area contributed by atoms with Crippen LogP contribution in [-0.2, 0) is 6.54 Å². The molecule has 6 heteroatoms. The summed E-state index contributed by atoms with van der Waals surface area (Å²) in [6.07, 6.45) is 6.75. The summed E-state index contributed by atoms with van der Waals surface area (Å²) in [5.74, 6) is 0.613. The first-order valence-corrected chi connectivity index (χ1v) is 9.87. The van der Waals surface area contributed by atoms with Gasteiger partial charge in [-0.2, -0.15) is 0 Å². The molecule has 1 N–H and O–H groups in total. The Labute approximate surface area is 161 Å². The van der Waals surface area contributed by atoms with E-state index >= 15 is 0 Å². The van der Waals surface area contributed by atoms with Gasteiger partial charge in [0.2, 0.25) is 5.95 Å². The maximum absolute atomic E-state index is 12.7. The summed E-state index contributed by atoms with van der Waals surface area (Å²) in [7, 11) is 0. The summed E-state index contributed by atoms with van der Waals surface area (Å²) in [5.41, 5.74) is 1.87. The molecule has 0 unspecified atom stereocenters. The summed E-state index contributed by atoms with van der Waals surface area (Å²) in [5, 5.41) is 3.20. The second-order valence-electron chi connectivity index (χ2n) is 6.98. The molecule has 0 saturated carbocycles. The van der Waals surface area contributed by atoms with E-state index in [-0.39, 0.29) is 5.91 Å². The molecular formula is C21H29N5O. The van der Waals surface area contributed by atoms with Gasteiger partial charge < -0.3 is 10.2 Å². The summed E-state index contributed by atoms with van der Waals surface area (Å²) in [6, 6.07) is 10.5. The van der Waals surface area contributed by atoms with Crippen LogP contribution >= 0.6 is 0 Å². The number of carbonyl (C=O) groups excluding carboxylic acids is 1. The molecule has 1 aliphatic heterocycles. The monoisotopic (exact) mass is 367 g/mol. The van der Waals surface area contributed by atoms with Crippen molar-refractivity contribution >= 4 is 11.9 Å². The standard InChI is InChI=1S/C21H29N5O/c1-2-3-7-10-22-21-23-15-19(16-24-21)20(27)26-13-11-25(12-14-26)17-18-8-5-4-6-9-18/h4-6,8-9,15-16H,2-3,7,10-14,17H2,1H3,(H,22,23,24). The van der Waals surface area contributed by atoms with Crippen molar-refractivity contribution in [2.75, 3.05) is 38.0 Å². The largest absolute Gasteiger partial charge is 0.354 e. The first-order chi connectivity index (χ1) is 13.3. The third kappa shape index (κ3) is 5.76. The van der Waals surface area contributed by atoms with Crippen molar-refractivity contribution in [2.24, 2.45) is 0 Å². The van der Waals surface area contributed by atoms with E-state index in [2.05, 4.69) is 51.4 Å². The van der Waals surface area contributed by atoms with Crippen LogP contribution in [0.15, 0.2) is 42.7 Å². The van der Waals surface area contributed by atoms with Gasteiger partial charge in [0.05, 0.1) is 5.56 Å². The lowest BCUT2D eigenvalue weighted by atomic mass is 10.2. The van der Waals surface area contributed by atoms with Gasteiger partial charge in [-0.3, -0.25) is 9.69 Å². The highest BCUT2D eigenvalue weighted by atomic mass is 16.2. The molecule has 1 fully saturated rings. The van der Waals surface area contributed by atoms with Crippen LogP contribution in [0, 0.1) is 0 Å². The van der Waals surface area contributed by atoms with Crippen molar-refractivity contribution < 1.29 is 4.79 Å². The summed E-state index contributed by atoms with van der Waals surface area (Å²) in [6.45, 7) is 7.23. The molecule has 1 aliphatic rings. The van der Waals surface area contributed by atoms with Crippen molar-refractivity contribution in [1.82, 2.24) is 19.8 Å². The topological polar surface area (TPSA) is 61.4 Å². The molecule has 3 rings (SSSR count). The number of unbranched alkanes of at least 4 members (excludes halogenated alkanes) is 2. The van der Waals surface area contributed by atoms with Gasteiger partial charge in [-0.15, -0.1) is 0 Å². The predicted octanol–water partition coefficient (Wildman–Crippen LogP) is 3.04. The Morgan fingerprint density at radius 2 is 1.74 bits per heavy atom. The van der Waals surface area contributed by atoms with E-state index in [0.717, 1.165) is 45.7 Å². The van der Waals surface area contributed by atoms with E-state index in [9.17, 15) is 4.79 Å². The van der Waals surface area contributed by atoms with Crippen LogP contribution in [-0.4, -0.2) is 58.4 Å². The van der Waals surface area contributed by atoms with E-state index in [1.807, 2.05) is 11.0 Å². The number of rotatable bonds is 8. The zero-order valence-electron chi connectivity index (χ0n) is 16.1. The zero-order chi connectivity index (χ0) is 18.9. The van der Waals surface area contributed by atoms with Crippen molar-refractivity contribution in [3.05, 3.63) is 53.9 Å².